The standard InChI is InChI=1S/2C15H24O2/c2*1-14(2,9-13(16)17)15-6-10-3-11(7-15)5-12(4-10)8-15/h2*10-12H,3-9H2,1-2H3,(H,16,17). The SMILES string of the molecule is CC(C)(CC(=O)O)C12CC3CC(CC(C3)C1)C2.CC(C)(CC(=O)O)C12CC3CC(CC(C3)C1)C2. The zero-order valence-electron chi connectivity index (χ0n) is 22.1. The van der Waals surface area contributed by atoms with Crippen LogP contribution in [0.25, 0.3) is 0 Å². The smallest absolute Gasteiger partial charge is 0.303 e. The number of carboxylic acid groups (broad SMARTS) is 2. The van der Waals surface area contributed by atoms with E-state index in [9.17, 15) is 9.59 Å². The molecule has 0 saturated heterocycles. The molecular weight excluding hydrogens is 424 g/mol. The summed E-state index contributed by atoms with van der Waals surface area (Å²) in [5.41, 5.74) is 0.657. The van der Waals surface area contributed by atoms with Crippen molar-refractivity contribution in [2.45, 2.75) is 118 Å². The van der Waals surface area contributed by atoms with E-state index in [1.54, 1.807) is 0 Å². The van der Waals surface area contributed by atoms with Gasteiger partial charge in [-0.05, 0) is 134 Å². The Labute approximate surface area is 206 Å². The molecule has 0 radical (unpaired) electrons. The summed E-state index contributed by atoms with van der Waals surface area (Å²) >= 11 is 0. The molecule has 8 aliphatic carbocycles. The van der Waals surface area contributed by atoms with Crippen LogP contribution in [-0.2, 0) is 9.59 Å². The van der Waals surface area contributed by atoms with E-state index in [1.807, 2.05) is 0 Å². The molecule has 34 heavy (non-hydrogen) atoms. The minimum Gasteiger partial charge on any atom is -0.481 e. The van der Waals surface area contributed by atoms with Gasteiger partial charge in [-0.2, -0.15) is 0 Å². The fourth-order valence-corrected chi connectivity index (χ4v) is 11.0. The molecule has 8 rings (SSSR count). The summed E-state index contributed by atoms with van der Waals surface area (Å²) in [5.74, 6) is 4.23. The Hall–Kier alpha value is -1.06. The molecule has 0 heterocycles. The Bertz CT molecular complexity index is 683. The average Bonchev–Trinajstić information content (AvgIpc) is 2.64. The molecule has 0 aromatic heterocycles. The second-order valence-corrected chi connectivity index (χ2v) is 15.3. The van der Waals surface area contributed by atoms with Crippen LogP contribution in [0.3, 0.4) is 0 Å². The molecule has 8 fully saturated rings. The molecule has 4 nitrogen and oxygen atoms in total. The van der Waals surface area contributed by atoms with Crippen LogP contribution in [0, 0.1) is 57.2 Å². The lowest BCUT2D eigenvalue weighted by atomic mass is 9.43. The van der Waals surface area contributed by atoms with Crippen molar-refractivity contribution in [1.82, 2.24) is 0 Å². The number of aliphatic carboxylic acids is 2. The lowest BCUT2D eigenvalue weighted by molar-refractivity contribution is -0.153. The molecule has 0 spiro atoms. The maximum Gasteiger partial charge on any atom is 0.303 e. The number of rotatable bonds is 6. The minimum atomic E-state index is -0.620. The van der Waals surface area contributed by atoms with Gasteiger partial charge in [0.15, 0.2) is 0 Å². The number of carbonyl (C=O) groups is 2. The number of carboxylic acids is 2. The topological polar surface area (TPSA) is 74.6 Å². The Morgan fingerprint density at radius 1 is 0.559 bits per heavy atom. The molecule has 0 atom stereocenters. The maximum absolute atomic E-state index is 11.1. The van der Waals surface area contributed by atoms with E-state index in [4.69, 9.17) is 10.2 Å². The third-order valence-corrected chi connectivity index (χ3v) is 12.1. The number of hydrogen-bond acceptors (Lipinski definition) is 2. The Morgan fingerprint density at radius 3 is 0.941 bits per heavy atom. The van der Waals surface area contributed by atoms with Crippen LogP contribution >= 0.6 is 0 Å². The van der Waals surface area contributed by atoms with Crippen LogP contribution in [0.15, 0.2) is 0 Å². The van der Waals surface area contributed by atoms with E-state index in [2.05, 4.69) is 27.7 Å². The van der Waals surface area contributed by atoms with Crippen LogP contribution in [0.4, 0.5) is 0 Å². The van der Waals surface area contributed by atoms with Gasteiger partial charge in [0.2, 0.25) is 0 Å². The molecule has 2 N–H and O–H groups in total. The Balaban J connectivity index is 0.000000142. The van der Waals surface area contributed by atoms with Crippen molar-refractivity contribution in [3.63, 3.8) is 0 Å². The van der Waals surface area contributed by atoms with E-state index >= 15 is 0 Å². The zero-order chi connectivity index (χ0) is 24.5. The highest BCUT2D eigenvalue weighted by Gasteiger charge is 2.58. The largest absolute Gasteiger partial charge is 0.481 e. The van der Waals surface area contributed by atoms with Crippen LogP contribution in [0.5, 0.6) is 0 Å². The lowest BCUT2D eigenvalue weighted by Crippen LogP contribution is -2.53. The molecule has 192 valence electrons. The Morgan fingerprint density at radius 2 is 0.765 bits per heavy atom. The van der Waals surface area contributed by atoms with E-state index < -0.39 is 11.9 Å². The predicted molar refractivity (Wildman–Crippen MR) is 133 cm³/mol. The summed E-state index contributed by atoms with van der Waals surface area (Å²) in [7, 11) is 0. The summed E-state index contributed by atoms with van der Waals surface area (Å²) in [4.78, 5) is 22.2. The summed E-state index contributed by atoms with van der Waals surface area (Å²) in [6, 6.07) is 0. The van der Waals surface area contributed by atoms with Gasteiger partial charge >= 0.3 is 11.9 Å². The summed E-state index contributed by atoms with van der Waals surface area (Å²) in [6.07, 6.45) is 17.1. The van der Waals surface area contributed by atoms with Gasteiger partial charge in [0, 0.05) is 0 Å². The predicted octanol–water partition coefficient (Wildman–Crippen LogP) is 7.41. The second kappa shape index (κ2) is 8.23. The fourth-order valence-electron chi connectivity index (χ4n) is 11.0. The summed E-state index contributed by atoms with van der Waals surface area (Å²) in [6.45, 7) is 8.81. The minimum absolute atomic E-state index is 0.0190. The average molecular weight is 473 g/mol. The molecule has 0 unspecified atom stereocenters. The van der Waals surface area contributed by atoms with Crippen molar-refractivity contribution in [1.29, 1.82) is 0 Å². The van der Waals surface area contributed by atoms with Crippen molar-refractivity contribution in [3.8, 4) is 0 Å². The van der Waals surface area contributed by atoms with Gasteiger partial charge in [-0.25, -0.2) is 0 Å². The van der Waals surface area contributed by atoms with Gasteiger partial charge in [-0.15, -0.1) is 0 Å². The second-order valence-electron chi connectivity index (χ2n) is 15.3. The van der Waals surface area contributed by atoms with Crippen molar-refractivity contribution in [3.05, 3.63) is 0 Å². The van der Waals surface area contributed by atoms with Crippen LogP contribution < -0.4 is 0 Å². The maximum atomic E-state index is 11.1. The molecule has 4 heteroatoms. The first-order valence-corrected chi connectivity index (χ1v) is 14.2. The quantitative estimate of drug-likeness (QED) is 0.422. The zero-order valence-corrected chi connectivity index (χ0v) is 22.1. The van der Waals surface area contributed by atoms with Crippen molar-refractivity contribution in [2.24, 2.45) is 57.2 Å². The molecule has 0 amide bonds. The van der Waals surface area contributed by atoms with Gasteiger partial charge in [0.05, 0.1) is 12.8 Å². The normalized spacial score (nSPS) is 44.0. The monoisotopic (exact) mass is 472 g/mol. The summed E-state index contributed by atoms with van der Waals surface area (Å²) in [5, 5.41) is 18.3. The molecular formula is C30H48O4. The molecule has 8 aliphatic rings. The van der Waals surface area contributed by atoms with E-state index in [0.717, 1.165) is 35.5 Å². The number of hydrogen-bond donors (Lipinski definition) is 2. The van der Waals surface area contributed by atoms with E-state index in [1.165, 1.54) is 77.0 Å². The van der Waals surface area contributed by atoms with Crippen molar-refractivity contribution in [2.75, 3.05) is 0 Å². The van der Waals surface area contributed by atoms with Gasteiger partial charge < -0.3 is 10.2 Å². The lowest BCUT2D eigenvalue weighted by Gasteiger charge is -2.62. The summed E-state index contributed by atoms with van der Waals surface area (Å²) < 4.78 is 0. The third-order valence-electron chi connectivity index (χ3n) is 12.1. The Kier molecular flexibility index (Phi) is 5.96. The van der Waals surface area contributed by atoms with Gasteiger partial charge in [0.1, 0.15) is 0 Å². The van der Waals surface area contributed by atoms with E-state index in [0.29, 0.717) is 23.7 Å². The van der Waals surface area contributed by atoms with Crippen LogP contribution in [0.1, 0.15) is 118 Å². The highest BCUT2D eigenvalue weighted by Crippen LogP contribution is 2.67. The van der Waals surface area contributed by atoms with Crippen LogP contribution in [-0.4, -0.2) is 22.2 Å². The molecule has 0 aliphatic heterocycles. The van der Waals surface area contributed by atoms with Gasteiger partial charge in [0.25, 0.3) is 0 Å². The van der Waals surface area contributed by atoms with Crippen LogP contribution in [0.2, 0.25) is 0 Å². The van der Waals surface area contributed by atoms with Gasteiger partial charge in [-0.1, -0.05) is 27.7 Å². The third kappa shape index (κ3) is 4.23. The highest BCUT2D eigenvalue weighted by atomic mass is 16.4. The fraction of sp³-hybridized carbons (Fsp3) is 0.933. The molecule has 0 aromatic rings. The molecule has 8 bridgehead atoms. The first-order valence-electron chi connectivity index (χ1n) is 14.2. The molecule has 8 saturated carbocycles. The molecule has 0 aromatic carbocycles. The van der Waals surface area contributed by atoms with Crippen molar-refractivity contribution >= 4 is 11.9 Å². The first kappa shape index (κ1) is 24.6. The van der Waals surface area contributed by atoms with Crippen molar-refractivity contribution < 1.29 is 19.8 Å². The van der Waals surface area contributed by atoms with E-state index in [-0.39, 0.29) is 10.8 Å². The van der Waals surface area contributed by atoms with Gasteiger partial charge in [-0.3, -0.25) is 9.59 Å². The highest BCUT2D eigenvalue weighted by molar-refractivity contribution is 5.68. The first-order chi connectivity index (χ1) is 15.8.